The lowest BCUT2D eigenvalue weighted by atomic mass is 10.1. The van der Waals surface area contributed by atoms with Gasteiger partial charge in [0.2, 0.25) is 0 Å². The van der Waals surface area contributed by atoms with Gasteiger partial charge in [0.15, 0.2) is 0 Å². The number of hydrogen-bond acceptors (Lipinski definition) is 5. The molecule has 1 aliphatic heterocycles. The zero-order valence-corrected chi connectivity index (χ0v) is 12.3. The fourth-order valence-corrected chi connectivity index (χ4v) is 2.82. The Morgan fingerprint density at radius 2 is 1.85 bits per heavy atom. The fourth-order valence-electron chi connectivity index (χ4n) is 2.21. The van der Waals surface area contributed by atoms with E-state index in [0.717, 1.165) is 30.2 Å². The highest BCUT2D eigenvalue weighted by atomic mass is 32.2. The average molecular weight is 297 g/mol. The Morgan fingerprint density at radius 3 is 2.40 bits per heavy atom. The fraction of sp³-hybridized carbons (Fsp3) is 0.571. The number of hydrogen-bond donors (Lipinski definition) is 0. The second-order valence-corrected chi connectivity index (χ2v) is 7.18. The van der Waals surface area contributed by atoms with Crippen LogP contribution in [0.2, 0.25) is 0 Å². The molecule has 0 spiro atoms. The van der Waals surface area contributed by atoms with E-state index in [0.29, 0.717) is 13.1 Å². The molecule has 1 saturated heterocycles. The predicted molar refractivity (Wildman–Crippen MR) is 76.6 cm³/mol. The smallest absolute Gasteiger partial charge is 0.264 e. The number of rotatable bonds is 6. The zero-order valence-electron chi connectivity index (χ0n) is 11.5. The lowest BCUT2D eigenvalue weighted by Crippen LogP contribution is -2.52. The maximum absolute atomic E-state index is 11.0. The van der Waals surface area contributed by atoms with Crippen molar-refractivity contribution in [2.24, 2.45) is 5.92 Å². The third kappa shape index (κ3) is 3.64. The minimum atomic E-state index is -3.35. The van der Waals surface area contributed by atoms with E-state index in [2.05, 4.69) is 4.90 Å². The summed E-state index contributed by atoms with van der Waals surface area (Å²) in [6.07, 6.45) is 3.43. The maximum Gasteiger partial charge on any atom is 0.264 e. The molecule has 110 valence electrons. The lowest BCUT2D eigenvalue weighted by molar-refractivity contribution is 0.177. The molecular formula is C14H19NO4S. The summed E-state index contributed by atoms with van der Waals surface area (Å²) in [6.45, 7) is 2.03. The first kappa shape index (κ1) is 13.7. The molecule has 3 rings (SSSR count). The van der Waals surface area contributed by atoms with Crippen molar-refractivity contribution in [2.75, 3.05) is 30.9 Å². The van der Waals surface area contributed by atoms with E-state index in [1.807, 2.05) is 24.3 Å². The van der Waals surface area contributed by atoms with Crippen molar-refractivity contribution in [3.8, 4) is 5.75 Å². The number of anilines is 1. The Bertz CT molecular complexity index is 559. The third-order valence-corrected chi connectivity index (χ3v) is 4.17. The molecule has 1 aliphatic carbocycles. The van der Waals surface area contributed by atoms with Gasteiger partial charge < -0.3 is 9.64 Å². The van der Waals surface area contributed by atoms with Crippen LogP contribution in [-0.2, 0) is 14.3 Å². The van der Waals surface area contributed by atoms with Crippen molar-refractivity contribution >= 4 is 15.8 Å². The summed E-state index contributed by atoms with van der Waals surface area (Å²) < 4.78 is 32.6. The highest BCUT2D eigenvalue weighted by molar-refractivity contribution is 7.86. The molecular weight excluding hydrogens is 278 g/mol. The minimum absolute atomic E-state index is 0.226. The van der Waals surface area contributed by atoms with Crippen molar-refractivity contribution in [3.05, 3.63) is 24.3 Å². The van der Waals surface area contributed by atoms with Gasteiger partial charge in [0, 0.05) is 18.8 Å². The lowest BCUT2D eigenvalue weighted by Gasteiger charge is -2.39. The van der Waals surface area contributed by atoms with E-state index in [9.17, 15) is 8.42 Å². The van der Waals surface area contributed by atoms with Crippen LogP contribution in [0, 0.1) is 5.92 Å². The van der Waals surface area contributed by atoms with Crippen molar-refractivity contribution in [3.63, 3.8) is 0 Å². The van der Waals surface area contributed by atoms with Gasteiger partial charge in [-0.2, -0.15) is 8.42 Å². The van der Waals surface area contributed by atoms with Crippen LogP contribution in [0.25, 0.3) is 0 Å². The predicted octanol–water partition coefficient (Wildman–Crippen LogP) is 1.64. The largest absolute Gasteiger partial charge is 0.493 e. The van der Waals surface area contributed by atoms with Crippen molar-refractivity contribution < 1.29 is 17.3 Å². The van der Waals surface area contributed by atoms with Crippen LogP contribution < -0.4 is 9.64 Å². The molecule has 0 aromatic heterocycles. The molecule has 1 heterocycles. The number of ether oxygens (including phenoxy) is 1. The summed E-state index contributed by atoms with van der Waals surface area (Å²) in [5.41, 5.74) is 1.07. The van der Waals surface area contributed by atoms with E-state index in [4.69, 9.17) is 8.92 Å². The monoisotopic (exact) mass is 297 g/mol. The molecule has 0 atom stereocenters. The number of nitrogens with zero attached hydrogens (tertiary/aromatic N) is 1. The van der Waals surface area contributed by atoms with Crippen LogP contribution >= 0.6 is 0 Å². The standard InChI is InChI=1S/C14H19NO4S/c1-20(16,17)19-14-8-15(9-14)12-4-6-13(7-5-12)18-10-11-2-3-11/h4-7,11,14H,2-3,8-10H2,1H3. The van der Waals surface area contributed by atoms with Gasteiger partial charge in [-0.25, -0.2) is 0 Å². The third-order valence-electron chi connectivity index (χ3n) is 3.54. The highest BCUT2D eigenvalue weighted by Crippen LogP contribution is 2.30. The van der Waals surface area contributed by atoms with Gasteiger partial charge in [-0.15, -0.1) is 0 Å². The van der Waals surface area contributed by atoms with Gasteiger partial charge in [-0.3, -0.25) is 4.18 Å². The first-order valence-corrected chi connectivity index (χ1v) is 8.67. The van der Waals surface area contributed by atoms with Gasteiger partial charge >= 0.3 is 0 Å². The summed E-state index contributed by atoms with van der Waals surface area (Å²) in [7, 11) is -3.35. The van der Waals surface area contributed by atoms with Crippen molar-refractivity contribution in [1.29, 1.82) is 0 Å². The summed E-state index contributed by atoms with van der Waals surface area (Å²) in [6, 6.07) is 7.92. The second kappa shape index (κ2) is 5.26. The summed E-state index contributed by atoms with van der Waals surface area (Å²) in [5.74, 6) is 1.64. The molecule has 6 heteroatoms. The first-order chi connectivity index (χ1) is 9.49. The first-order valence-electron chi connectivity index (χ1n) is 6.86. The van der Waals surface area contributed by atoms with Gasteiger partial charge in [0.05, 0.1) is 12.9 Å². The van der Waals surface area contributed by atoms with Crippen LogP contribution in [0.3, 0.4) is 0 Å². The second-order valence-electron chi connectivity index (χ2n) is 5.58. The van der Waals surface area contributed by atoms with Gasteiger partial charge in [-0.1, -0.05) is 0 Å². The molecule has 0 N–H and O–H groups in total. The molecule has 1 saturated carbocycles. The Labute approximate surface area is 119 Å². The van der Waals surface area contributed by atoms with E-state index in [1.54, 1.807) is 0 Å². The Balaban J connectivity index is 1.49. The minimum Gasteiger partial charge on any atom is -0.493 e. The summed E-state index contributed by atoms with van der Waals surface area (Å²) in [5, 5.41) is 0. The van der Waals surface area contributed by atoms with Gasteiger partial charge in [0.25, 0.3) is 10.1 Å². The summed E-state index contributed by atoms with van der Waals surface area (Å²) in [4.78, 5) is 2.08. The maximum atomic E-state index is 11.0. The normalized spacial score (nSPS) is 19.8. The molecule has 5 nitrogen and oxygen atoms in total. The van der Waals surface area contributed by atoms with E-state index >= 15 is 0 Å². The zero-order chi connectivity index (χ0) is 14.2. The van der Waals surface area contributed by atoms with E-state index in [1.165, 1.54) is 12.8 Å². The van der Waals surface area contributed by atoms with Crippen molar-refractivity contribution in [1.82, 2.24) is 0 Å². The van der Waals surface area contributed by atoms with Gasteiger partial charge in [0.1, 0.15) is 11.9 Å². The van der Waals surface area contributed by atoms with E-state index < -0.39 is 10.1 Å². The van der Waals surface area contributed by atoms with Crippen molar-refractivity contribution in [2.45, 2.75) is 18.9 Å². The molecule has 0 bridgehead atoms. The van der Waals surface area contributed by atoms with Crippen LogP contribution in [-0.4, -0.2) is 40.5 Å². The van der Waals surface area contributed by atoms with E-state index in [-0.39, 0.29) is 6.10 Å². The van der Waals surface area contributed by atoms with Crippen LogP contribution in [0.4, 0.5) is 5.69 Å². The highest BCUT2D eigenvalue weighted by Gasteiger charge is 2.30. The van der Waals surface area contributed by atoms with Crippen LogP contribution in [0.5, 0.6) is 5.75 Å². The topological polar surface area (TPSA) is 55.8 Å². The quantitative estimate of drug-likeness (QED) is 0.747. The molecule has 0 radical (unpaired) electrons. The average Bonchev–Trinajstić information content (AvgIpc) is 3.14. The molecule has 1 aromatic rings. The molecule has 2 fully saturated rings. The number of benzene rings is 1. The Kier molecular flexibility index (Phi) is 3.60. The molecule has 20 heavy (non-hydrogen) atoms. The van der Waals surface area contributed by atoms with Crippen LogP contribution in [0.15, 0.2) is 24.3 Å². The molecule has 1 aromatic carbocycles. The Hall–Kier alpha value is -1.27. The molecule has 2 aliphatic rings. The SMILES string of the molecule is CS(=O)(=O)OC1CN(c2ccc(OCC3CC3)cc2)C1. The van der Waals surface area contributed by atoms with Gasteiger partial charge in [-0.05, 0) is 43.0 Å². The Morgan fingerprint density at radius 1 is 1.20 bits per heavy atom. The summed E-state index contributed by atoms with van der Waals surface area (Å²) >= 11 is 0. The molecule has 0 amide bonds. The van der Waals surface area contributed by atoms with Crippen LogP contribution in [0.1, 0.15) is 12.8 Å². The molecule has 0 unspecified atom stereocenters.